The number of hydrogen-bond acceptors (Lipinski definition) is 7. The van der Waals surface area contributed by atoms with Crippen molar-refractivity contribution in [1.82, 2.24) is 19.9 Å². The molecule has 1 aliphatic heterocycles. The van der Waals surface area contributed by atoms with Crippen LogP contribution in [-0.4, -0.2) is 52.7 Å². The molecule has 1 saturated heterocycles. The lowest BCUT2D eigenvalue weighted by Crippen LogP contribution is -2.47. The maximum absolute atomic E-state index is 13.0. The molecule has 0 unspecified atom stereocenters. The Morgan fingerprint density at radius 1 is 0.966 bits per heavy atom. The van der Waals surface area contributed by atoms with Crippen molar-refractivity contribution in [2.24, 2.45) is 0 Å². The fraction of sp³-hybridized carbons (Fsp3) is 0.333. The highest BCUT2D eigenvalue weighted by molar-refractivity contribution is 5.50. The zero-order chi connectivity index (χ0) is 20.1. The first kappa shape index (κ1) is 19.0. The summed E-state index contributed by atoms with van der Waals surface area (Å²) in [4.78, 5) is 22.2. The normalized spacial score (nSPS) is 14.1. The highest BCUT2D eigenvalue weighted by Crippen LogP contribution is 2.19. The molecule has 0 amide bonds. The van der Waals surface area contributed by atoms with Gasteiger partial charge in [0.2, 0.25) is 5.95 Å². The summed E-state index contributed by atoms with van der Waals surface area (Å²) in [5.41, 5.74) is 1.09. The molecule has 150 valence electrons. The number of aromatic nitrogens is 4. The molecule has 1 fully saturated rings. The van der Waals surface area contributed by atoms with E-state index in [2.05, 4.69) is 35.1 Å². The molecule has 29 heavy (non-hydrogen) atoms. The monoisotopic (exact) mass is 393 g/mol. The number of anilines is 3. The molecular weight excluding hydrogens is 369 g/mol. The Hall–Kier alpha value is -3.29. The van der Waals surface area contributed by atoms with Crippen molar-refractivity contribution in [3.63, 3.8) is 0 Å². The van der Waals surface area contributed by atoms with E-state index in [1.54, 1.807) is 12.4 Å². The highest BCUT2D eigenvalue weighted by Gasteiger charge is 2.20. The molecule has 0 bridgehead atoms. The lowest BCUT2D eigenvalue weighted by atomic mass is 10.1. The third-order valence-corrected chi connectivity index (χ3v) is 4.90. The van der Waals surface area contributed by atoms with E-state index in [4.69, 9.17) is 0 Å². The minimum atomic E-state index is -0.211. The van der Waals surface area contributed by atoms with Gasteiger partial charge >= 0.3 is 0 Å². The number of benzene rings is 1. The Bertz CT molecular complexity index is 926. The first-order valence-corrected chi connectivity index (χ1v) is 9.78. The Kier molecular flexibility index (Phi) is 5.79. The number of aryl methyl sites for hydroxylation is 1. The lowest BCUT2D eigenvalue weighted by molar-refractivity contribution is 0.627. The summed E-state index contributed by atoms with van der Waals surface area (Å²) in [6, 6.07) is 10.4. The van der Waals surface area contributed by atoms with E-state index in [0.29, 0.717) is 0 Å². The predicted molar refractivity (Wildman–Crippen MR) is 112 cm³/mol. The van der Waals surface area contributed by atoms with Crippen LogP contribution in [-0.2, 0) is 6.42 Å². The molecule has 0 radical (unpaired) electrons. The van der Waals surface area contributed by atoms with Gasteiger partial charge in [-0.1, -0.05) is 12.1 Å². The van der Waals surface area contributed by atoms with Gasteiger partial charge in [-0.15, -0.1) is 0 Å². The van der Waals surface area contributed by atoms with E-state index in [9.17, 15) is 4.39 Å². The van der Waals surface area contributed by atoms with Crippen molar-refractivity contribution in [2.45, 2.75) is 13.3 Å². The number of halogens is 1. The third-order valence-electron chi connectivity index (χ3n) is 4.90. The molecule has 3 heterocycles. The van der Waals surface area contributed by atoms with Gasteiger partial charge in [0, 0.05) is 51.2 Å². The largest absolute Gasteiger partial charge is 0.370 e. The van der Waals surface area contributed by atoms with Crippen molar-refractivity contribution in [3.05, 3.63) is 66.0 Å². The third kappa shape index (κ3) is 4.96. The Morgan fingerprint density at radius 2 is 1.66 bits per heavy atom. The highest BCUT2D eigenvalue weighted by atomic mass is 19.1. The second-order valence-corrected chi connectivity index (χ2v) is 6.98. The second kappa shape index (κ2) is 8.81. The SMILES string of the molecule is Cc1nc(NCCc2ccc(F)cc2)cc(N2CCN(c3ncccn3)CC2)n1. The summed E-state index contributed by atoms with van der Waals surface area (Å²) in [6.07, 6.45) is 4.34. The van der Waals surface area contributed by atoms with Gasteiger partial charge in [-0.25, -0.2) is 24.3 Å². The van der Waals surface area contributed by atoms with Crippen LogP contribution in [0, 0.1) is 12.7 Å². The lowest BCUT2D eigenvalue weighted by Gasteiger charge is -2.35. The van der Waals surface area contributed by atoms with E-state index in [0.717, 1.165) is 68.1 Å². The molecule has 0 spiro atoms. The molecule has 0 aliphatic carbocycles. The zero-order valence-electron chi connectivity index (χ0n) is 16.4. The summed E-state index contributed by atoms with van der Waals surface area (Å²) >= 11 is 0. The van der Waals surface area contributed by atoms with E-state index < -0.39 is 0 Å². The minimum absolute atomic E-state index is 0.211. The van der Waals surface area contributed by atoms with E-state index >= 15 is 0 Å². The van der Waals surface area contributed by atoms with Crippen LogP contribution < -0.4 is 15.1 Å². The summed E-state index contributed by atoms with van der Waals surface area (Å²) in [6.45, 7) is 6.03. The summed E-state index contributed by atoms with van der Waals surface area (Å²) in [5.74, 6) is 3.03. The zero-order valence-corrected chi connectivity index (χ0v) is 16.4. The Balaban J connectivity index is 1.35. The fourth-order valence-electron chi connectivity index (χ4n) is 3.38. The second-order valence-electron chi connectivity index (χ2n) is 6.98. The van der Waals surface area contributed by atoms with Crippen molar-refractivity contribution < 1.29 is 4.39 Å². The van der Waals surface area contributed by atoms with Gasteiger partial charge in [0.1, 0.15) is 23.3 Å². The van der Waals surface area contributed by atoms with Gasteiger partial charge in [0.25, 0.3) is 0 Å². The molecule has 7 nitrogen and oxygen atoms in total. The van der Waals surface area contributed by atoms with Gasteiger partial charge in [-0.2, -0.15) is 0 Å². The summed E-state index contributed by atoms with van der Waals surface area (Å²) in [5, 5.41) is 3.36. The van der Waals surface area contributed by atoms with Crippen LogP contribution in [0.2, 0.25) is 0 Å². The van der Waals surface area contributed by atoms with Crippen LogP contribution in [0.5, 0.6) is 0 Å². The van der Waals surface area contributed by atoms with E-state index in [-0.39, 0.29) is 5.82 Å². The van der Waals surface area contributed by atoms with E-state index in [1.165, 1.54) is 12.1 Å². The molecule has 2 aromatic heterocycles. The van der Waals surface area contributed by atoms with Gasteiger partial charge in [0.15, 0.2) is 0 Å². The van der Waals surface area contributed by atoms with Crippen LogP contribution in [0.25, 0.3) is 0 Å². The van der Waals surface area contributed by atoms with Crippen LogP contribution in [0.1, 0.15) is 11.4 Å². The Morgan fingerprint density at radius 3 is 2.38 bits per heavy atom. The molecule has 1 N–H and O–H groups in total. The summed E-state index contributed by atoms with van der Waals surface area (Å²) in [7, 11) is 0. The van der Waals surface area contributed by atoms with Crippen LogP contribution in [0.3, 0.4) is 0 Å². The number of hydrogen-bond donors (Lipinski definition) is 1. The van der Waals surface area contributed by atoms with Crippen molar-refractivity contribution >= 4 is 17.6 Å². The van der Waals surface area contributed by atoms with Gasteiger partial charge in [-0.05, 0) is 37.1 Å². The Labute approximate surface area is 169 Å². The number of nitrogens with one attached hydrogen (secondary N) is 1. The standard InChI is InChI=1S/C21H24FN7/c1-16-26-19(23-10-7-17-3-5-18(22)6-4-17)15-20(27-16)28-11-13-29(14-12-28)21-24-8-2-9-25-21/h2-6,8-9,15H,7,10-14H2,1H3,(H,23,26,27). The van der Waals surface area contributed by atoms with Crippen LogP contribution in [0.15, 0.2) is 48.8 Å². The summed E-state index contributed by atoms with van der Waals surface area (Å²) < 4.78 is 13.0. The molecule has 0 saturated carbocycles. The molecule has 3 aromatic rings. The first-order valence-electron chi connectivity index (χ1n) is 9.78. The molecule has 0 atom stereocenters. The quantitative estimate of drug-likeness (QED) is 0.690. The molecule has 1 aliphatic rings. The first-order chi connectivity index (χ1) is 14.2. The predicted octanol–water partition coefficient (Wildman–Crippen LogP) is 2.70. The minimum Gasteiger partial charge on any atom is -0.370 e. The average Bonchev–Trinajstić information content (AvgIpc) is 2.75. The van der Waals surface area contributed by atoms with Gasteiger partial charge in [-0.3, -0.25) is 0 Å². The smallest absolute Gasteiger partial charge is 0.225 e. The van der Waals surface area contributed by atoms with Crippen molar-refractivity contribution in [3.8, 4) is 0 Å². The number of piperazine rings is 1. The topological polar surface area (TPSA) is 70.1 Å². The number of rotatable bonds is 6. The fourth-order valence-corrected chi connectivity index (χ4v) is 3.38. The molecular formula is C21H24FN7. The van der Waals surface area contributed by atoms with Crippen LogP contribution in [0.4, 0.5) is 22.0 Å². The van der Waals surface area contributed by atoms with Gasteiger partial charge < -0.3 is 15.1 Å². The molecule has 8 heteroatoms. The molecule has 1 aromatic carbocycles. The maximum atomic E-state index is 13.0. The van der Waals surface area contributed by atoms with E-state index in [1.807, 2.05) is 31.2 Å². The van der Waals surface area contributed by atoms with Gasteiger partial charge in [0.05, 0.1) is 0 Å². The van der Waals surface area contributed by atoms with Crippen molar-refractivity contribution in [2.75, 3.05) is 47.8 Å². The van der Waals surface area contributed by atoms with Crippen LogP contribution >= 0.6 is 0 Å². The average molecular weight is 393 g/mol. The number of nitrogens with zero attached hydrogens (tertiary/aromatic N) is 6. The van der Waals surface area contributed by atoms with Crippen molar-refractivity contribution in [1.29, 1.82) is 0 Å². The maximum Gasteiger partial charge on any atom is 0.225 e. The molecule has 4 rings (SSSR count).